The van der Waals surface area contributed by atoms with E-state index in [2.05, 4.69) is 10.3 Å². The van der Waals surface area contributed by atoms with E-state index in [-0.39, 0.29) is 0 Å². The SMILES string of the molecule is [B]c1cnc2ccoc2c1Nc1c(C)ccc(OC)c1C. The Bertz CT molecular complexity index is 811. The Hall–Kier alpha value is -2.43. The summed E-state index contributed by atoms with van der Waals surface area (Å²) in [6.07, 6.45) is 3.23. The highest BCUT2D eigenvalue weighted by atomic mass is 16.5. The van der Waals surface area contributed by atoms with E-state index < -0.39 is 0 Å². The summed E-state index contributed by atoms with van der Waals surface area (Å²) in [6.45, 7) is 4.04. The summed E-state index contributed by atoms with van der Waals surface area (Å²) in [5.41, 5.74) is 5.77. The molecule has 0 amide bonds. The smallest absolute Gasteiger partial charge is 0.175 e. The number of furan rings is 1. The maximum absolute atomic E-state index is 6.05. The first kappa shape index (κ1) is 13.6. The summed E-state index contributed by atoms with van der Waals surface area (Å²) in [7, 11) is 7.71. The molecule has 2 radical (unpaired) electrons. The van der Waals surface area contributed by atoms with Crippen LogP contribution in [0.4, 0.5) is 11.4 Å². The molecule has 104 valence electrons. The molecule has 3 aromatic rings. The van der Waals surface area contributed by atoms with Crippen LogP contribution in [0.1, 0.15) is 11.1 Å². The first-order valence-corrected chi connectivity index (χ1v) is 6.64. The van der Waals surface area contributed by atoms with Gasteiger partial charge in [0.05, 0.1) is 19.1 Å². The fourth-order valence-corrected chi connectivity index (χ4v) is 2.42. The lowest BCUT2D eigenvalue weighted by molar-refractivity contribution is 0.412. The average Bonchev–Trinajstić information content (AvgIpc) is 2.94. The van der Waals surface area contributed by atoms with Gasteiger partial charge in [0.2, 0.25) is 0 Å². The van der Waals surface area contributed by atoms with E-state index in [9.17, 15) is 0 Å². The number of hydrogen-bond acceptors (Lipinski definition) is 4. The number of rotatable bonds is 3. The first-order chi connectivity index (χ1) is 10.1. The second kappa shape index (κ2) is 5.16. The minimum absolute atomic E-state index is 0.541. The van der Waals surface area contributed by atoms with E-state index in [1.165, 1.54) is 0 Å². The van der Waals surface area contributed by atoms with Gasteiger partial charge in [-0.3, -0.25) is 4.98 Å². The maximum atomic E-state index is 6.05. The zero-order chi connectivity index (χ0) is 15.0. The molecule has 1 aromatic carbocycles. The van der Waals surface area contributed by atoms with Gasteiger partial charge in [-0.05, 0) is 25.5 Å². The van der Waals surface area contributed by atoms with Crippen LogP contribution in [-0.2, 0) is 0 Å². The van der Waals surface area contributed by atoms with Gasteiger partial charge in [0.15, 0.2) is 5.58 Å². The van der Waals surface area contributed by atoms with Crippen LogP contribution in [0.15, 0.2) is 35.1 Å². The van der Waals surface area contributed by atoms with Crippen molar-refractivity contribution in [3.8, 4) is 5.75 Å². The molecule has 0 fully saturated rings. The first-order valence-electron chi connectivity index (χ1n) is 6.64. The predicted octanol–water partition coefficient (Wildman–Crippen LogP) is 2.99. The number of anilines is 2. The molecule has 0 unspecified atom stereocenters. The Morgan fingerprint density at radius 2 is 2.00 bits per heavy atom. The van der Waals surface area contributed by atoms with E-state index >= 15 is 0 Å². The second-order valence-corrected chi connectivity index (χ2v) is 4.93. The zero-order valence-electron chi connectivity index (χ0n) is 12.2. The van der Waals surface area contributed by atoms with Crippen LogP contribution >= 0.6 is 0 Å². The lowest BCUT2D eigenvalue weighted by Crippen LogP contribution is -2.12. The summed E-state index contributed by atoms with van der Waals surface area (Å²) in [4.78, 5) is 4.24. The van der Waals surface area contributed by atoms with E-state index in [0.717, 1.165) is 33.8 Å². The van der Waals surface area contributed by atoms with Crippen molar-refractivity contribution in [2.75, 3.05) is 12.4 Å². The molecule has 0 aliphatic carbocycles. The van der Waals surface area contributed by atoms with Crippen molar-refractivity contribution in [1.29, 1.82) is 0 Å². The van der Waals surface area contributed by atoms with Crippen LogP contribution < -0.4 is 15.5 Å². The van der Waals surface area contributed by atoms with Gasteiger partial charge in [0.1, 0.15) is 19.1 Å². The van der Waals surface area contributed by atoms with Crippen molar-refractivity contribution in [2.45, 2.75) is 13.8 Å². The summed E-state index contributed by atoms with van der Waals surface area (Å²) in [5.74, 6) is 0.825. The van der Waals surface area contributed by atoms with Crippen LogP contribution in [0.2, 0.25) is 0 Å². The van der Waals surface area contributed by atoms with Crippen LogP contribution in [0.3, 0.4) is 0 Å². The van der Waals surface area contributed by atoms with E-state index in [1.54, 1.807) is 19.6 Å². The van der Waals surface area contributed by atoms with E-state index in [1.807, 2.05) is 32.0 Å². The van der Waals surface area contributed by atoms with Gasteiger partial charge in [-0.1, -0.05) is 11.5 Å². The van der Waals surface area contributed by atoms with Crippen molar-refractivity contribution in [1.82, 2.24) is 4.98 Å². The van der Waals surface area contributed by atoms with Crippen LogP contribution in [-0.4, -0.2) is 19.9 Å². The monoisotopic (exact) mass is 278 g/mol. The van der Waals surface area contributed by atoms with Crippen molar-refractivity contribution in [3.63, 3.8) is 0 Å². The number of benzene rings is 1. The van der Waals surface area contributed by atoms with Gasteiger partial charge >= 0.3 is 0 Å². The number of nitrogens with one attached hydrogen (secondary N) is 1. The summed E-state index contributed by atoms with van der Waals surface area (Å²) < 4.78 is 10.9. The molecule has 0 aliphatic heterocycles. The molecular formula is C16H15BN2O2. The second-order valence-electron chi connectivity index (χ2n) is 4.93. The molecule has 0 atom stereocenters. The van der Waals surface area contributed by atoms with E-state index in [4.69, 9.17) is 17.0 Å². The standard InChI is InChI=1S/C16H15BN2O2/c1-9-4-5-13(20-3)10(2)14(9)19-15-11(17)8-18-12-6-7-21-16(12)15/h4-8H,1-3H3,(H,18,19). The average molecular weight is 278 g/mol. The Kier molecular flexibility index (Phi) is 3.33. The molecule has 2 heterocycles. The molecule has 0 saturated carbocycles. The molecule has 0 spiro atoms. The summed E-state index contributed by atoms with van der Waals surface area (Å²) in [6, 6.07) is 5.77. The molecule has 0 aliphatic rings. The Morgan fingerprint density at radius 1 is 1.19 bits per heavy atom. The minimum Gasteiger partial charge on any atom is -0.496 e. The Labute approximate surface area is 124 Å². The molecule has 2 aromatic heterocycles. The van der Waals surface area contributed by atoms with Crippen molar-refractivity contribution < 1.29 is 9.15 Å². The third kappa shape index (κ3) is 2.25. The Morgan fingerprint density at radius 3 is 2.76 bits per heavy atom. The lowest BCUT2D eigenvalue weighted by Gasteiger charge is -2.17. The number of hydrogen-bond donors (Lipinski definition) is 1. The van der Waals surface area contributed by atoms with Crippen LogP contribution in [0.25, 0.3) is 11.1 Å². The molecule has 1 N–H and O–H groups in total. The number of nitrogens with zero attached hydrogens (tertiary/aromatic N) is 1. The van der Waals surface area contributed by atoms with Crippen LogP contribution in [0.5, 0.6) is 5.75 Å². The molecule has 3 rings (SSSR count). The number of pyridine rings is 1. The van der Waals surface area contributed by atoms with E-state index in [0.29, 0.717) is 11.0 Å². The van der Waals surface area contributed by atoms with Gasteiger partial charge < -0.3 is 14.5 Å². The highest BCUT2D eigenvalue weighted by molar-refractivity contribution is 6.37. The fourth-order valence-electron chi connectivity index (χ4n) is 2.42. The molecule has 0 saturated heterocycles. The van der Waals surface area contributed by atoms with Crippen LogP contribution in [0, 0.1) is 13.8 Å². The third-order valence-corrected chi connectivity index (χ3v) is 3.60. The highest BCUT2D eigenvalue weighted by Crippen LogP contribution is 2.32. The van der Waals surface area contributed by atoms with Gasteiger partial charge in [-0.2, -0.15) is 0 Å². The van der Waals surface area contributed by atoms with Gasteiger partial charge in [-0.25, -0.2) is 0 Å². The maximum Gasteiger partial charge on any atom is 0.175 e. The van der Waals surface area contributed by atoms with Gasteiger partial charge in [0.25, 0.3) is 0 Å². The normalized spacial score (nSPS) is 10.8. The largest absolute Gasteiger partial charge is 0.496 e. The summed E-state index contributed by atoms with van der Waals surface area (Å²) >= 11 is 0. The topological polar surface area (TPSA) is 47.3 Å². The summed E-state index contributed by atoms with van der Waals surface area (Å²) in [5, 5.41) is 3.37. The predicted molar refractivity (Wildman–Crippen MR) is 85.1 cm³/mol. The minimum atomic E-state index is 0.541. The molecule has 4 nitrogen and oxygen atoms in total. The van der Waals surface area contributed by atoms with Crippen molar-refractivity contribution >= 4 is 35.8 Å². The number of methoxy groups -OCH3 is 1. The number of aromatic nitrogens is 1. The molecular weight excluding hydrogens is 263 g/mol. The molecule has 0 bridgehead atoms. The van der Waals surface area contributed by atoms with Crippen molar-refractivity contribution in [2.24, 2.45) is 0 Å². The fraction of sp³-hybridized carbons (Fsp3) is 0.188. The zero-order valence-corrected chi connectivity index (χ0v) is 12.2. The number of aryl methyl sites for hydroxylation is 1. The van der Waals surface area contributed by atoms with Gasteiger partial charge in [-0.15, -0.1) is 0 Å². The molecule has 5 heteroatoms. The highest BCUT2D eigenvalue weighted by Gasteiger charge is 2.13. The van der Waals surface area contributed by atoms with Gasteiger partial charge in [0, 0.05) is 23.5 Å². The number of ether oxygens (including phenoxy) is 1. The quantitative estimate of drug-likeness (QED) is 0.748. The number of fused-ring (bicyclic) bond motifs is 1. The molecule has 21 heavy (non-hydrogen) atoms. The lowest BCUT2D eigenvalue weighted by atomic mass is 9.95. The van der Waals surface area contributed by atoms with Crippen molar-refractivity contribution in [3.05, 3.63) is 41.8 Å². The third-order valence-electron chi connectivity index (χ3n) is 3.60. The Balaban J connectivity index is 2.15.